The van der Waals surface area contributed by atoms with Gasteiger partial charge in [-0.1, -0.05) is 72.8 Å². The summed E-state index contributed by atoms with van der Waals surface area (Å²) in [5, 5.41) is 2.99. The Bertz CT molecular complexity index is 814. The molecule has 3 heteroatoms. The second-order valence-corrected chi connectivity index (χ2v) is 6.27. The SMILES string of the molecule is CC(C(=O)NCc1ccc(OCc2ccccc2)cc1)c1ccccc1. The van der Waals surface area contributed by atoms with Crippen molar-refractivity contribution in [1.29, 1.82) is 0 Å². The van der Waals surface area contributed by atoms with Gasteiger partial charge in [-0.25, -0.2) is 0 Å². The number of rotatable bonds is 7. The molecule has 3 rings (SSSR count). The van der Waals surface area contributed by atoms with E-state index in [1.165, 1.54) is 0 Å². The third kappa shape index (κ3) is 4.96. The molecule has 3 aromatic carbocycles. The molecular weight excluding hydrogens is 322 g/mol. The van der Waals surface area contributed by atoms with Gasteiger partial charge in [0.2, 0.25) is 5.91 Å². The van der Waals surface area contributed by atoms with Gasteiger partial charge in [0.25, 0.3) is 0 Å². The quantitative estimate of drug-likeness (QED) is 0.675. The molecule has 0 saturated heterocycles. The lowest BCUT2D eigenvalue weighted by Crippen LogP contribution is -2.27. The maximum atomic E-state index is 12.3. The number of ether oxygens (including phenoxy) is 1. The van der Waals surface area contributed by atoms with Gasteiger partial charge in [-0.15, -0.1) is 0 Å². The molecule has 1 unspecified atom stereocenters. The fraction of sp³-hybridized carbons (Fsp3) is 0.174. The Morgan fingerprint density at radius 3 is 2.12 bits per heavy atom. The first kappa shape index (κ1) is 17.7. The molecule has 3 nitrogen and oxygen atoms in total. The van der Waals surface area contributed by atoms with Crippen molar-refractivity contribution in [1.82, 2.24) is 5.32 Å². The Morgan fingerprint density at radius 1 is 0.846 bits per heavy atom. The van der Waals surface area contributed by atoms with Crippen molar-refractivity contribution in [2.75, 3.05) is 0 Å². The van der Waals surface area contributed by atoms with Gasteiger partial charge in [0.1, 0.15) is 12.4 Å². The predicted octanol–water partition coefficient (Wildman–Crippen LogP) is 4.69. The van der Waals surface area contributed by atoms with Gasteiger partial charge in [-0.2, -0.15) is 0 Å². The van der Waals surface area contributed by atoms with Crippen LogP contribution in [0.25, 0.3) is 0 Å². The summed E-state index contributed by atoms with van der Waals surface area (Å²) < 4.78 is 5.78. The molecule has 0 aliphatic carbocycles. The van der Waals surface area contributed by atoms with Crippen LogP contribution in [0.4, 0.5) is 0 Å². The van der Waals surface area contributed by atoms with Crippen LogP contribution >= 0.6 is 0 Å². The summed E-state index contributed by atoms with van der Waals surface area (Å²) >= 11 is 0. The number of benzene rings is 3. The summed E-state index contributed by atoms with van der Waals surface area (Å²) in [6, 6.07) is 27.7. The van der Waals surface area contributed by atoms with Crippen LogP contribution in [0.15, 0.2) is 84.9 Å². The van der Waals surface area contributed by atoms with E-state index in [4.69, 9.17) is 4.74 Å². The second-order valence-electron chi connectivity index (χ2n) is 6.27. The first-order valence-corrected chi connectivity index (χ1v) is 8.81. The lowest BCUT2D eigenvalue weighted by atomic mass is 10.0. The van der Waals surface area contributed by atoms with Gasteiger partial charge in [-0.3, -0.25) is 4.79 Å². The number of nitrogens with one attached hydrogen (secondary N) is 1. The topological polar surface area (TPSA) is 38.3 Å². The van der Waals surface area contributed by atoms with E-state index in [9.17, 15) is 4.79 Å². The van der Waals surface area contributed by atoms with Crippen molar-refractivity contribution in [2.45, 2.75) is 26.0 Å². The predicted molar refractivity (Wildman–Crippen MR) is 104 cm³/mol. The molecule has 0 fully saturated rings. The third-order valence-corrected chi connectivity index (χ3v) is 4.33. The van der Waals surface area contributed by atoms with Crippen LogP contribution in [0.5, 0.6) is 5.75 Å². The minimum Gasteiger partial charge on any atom is -0.489 e. The number of hydrogen-bond acceptors (Lipinski definition) is 2. The Kier molecular flexibility index (Phi) is 6.05. The molecule has 1 amide bonds. The molecule has 0 bridgehead atoms. The minimum absolute atomic E-state index is 0.0283. The Labute approximate surface area is 154 Å². The molecule has 0 radical (unpaired) electrons. The molecule has 3 aromatic rings. The number of amides is 1. The van der Waals surface area contributed by atoms with Crippen LogP contribution in [0.1, 0.15) is 29.5 Å². The average molecular weight is 345 g/mol. The average Bonchev–Trinajstić information content (AvgIpc) is 2.72. The summed E-state index contributed by atoms with van der Waals surface area (Å²) in [6.45, 7) is 2.98. The Morgan fingerprint density at radius 2 is 1.46 bits per heavy atom. The molecule has 0 aromatic heterocycles. The van der Waals surface area contributed by atoms with E-state index in [-0.39, 0.29) is 11.8 Å². The van der Waals surface area contributed by atoms with Crippen molar-refractivity contribution < 1.29 is 9.53 Å². The molecule has 1 atom stereocenters. The van der Waals surface area contributed by atoms with Crippen LogP contribution in [0.2, 0.25) is 0 Å². The third-order valence-electron chi connectivity index (χ3n) is 4.33. The fourth-order valence-corrected chi connectivity index (χ4v) is 2.68. The molecule has 0 aliphatic rings. The molecule has 26 heavy (non-hydrogen) atoms. The van der Waals surface area contributed by atoms with Gasteiger partial charge < -0.3 is 10.1 Å². The number of hydrogen-bond donors (Lipinski definition) is 1. The normalized spacial score (nSPS) is 11.6. The molecule has 0 aliphatic heterocycles. The molecule has 0 heterocycles. The zero-order valence-corrected chi connectivity index (χ0v) is 14.9. The van der Waals surface area contributed by atoms with Gasteiger partial charge in [0, 0.05) is 6.54 Å². The zero-order valence-electron chi connectivity index (χ0n) is 14.9. The molecule has 1 N–H and O–H groups in total. The highest BCUT2D eigenvalue weighted by Gasteiger charge is 2.14. The standard InChI is InChI=1S/C23H23NO2/c1-18(21-10-6-3-7-11-21)23(25)24-16-19-12-14-22(15-13-19)26-17-20-8-4-2-5-9-20/h2-15,18H,16-17H2,1H3,(H,24,25). The van der Waals surface area contributed by atoms with E-state index in [0.29, 0.717) is 13.2 Å². The Balaban J connectivity index is 1.49. The number of carbonyl (C=O) groups excluding carboxylic acids is 1. The highest BCUT2D eigenvalue weighted by atomic mass is 16.5. The maximum Gasteiger partial charge on any atom is 0.227 e. The zero-order chi connectivity index (χ0) is 18.2. The molecular formula is C23H23NO2. The lowest BCUT2D eigenvalue weighted by molar-refractivity contribution is -0.122. The molecule has 0 spiro atoms. The van der Waals surface area contributed by atoms with E-state index < -0.39 is 0 Å². The summed E-state index contributed by atoms with van der Waals surface area (Å²) in [5.41, 5.74) is 3.21. The van der Waals surface area contributed by atoms with E-state index in [1.807, 2.05) is 91.9 Å². The van der Waals surface area contributed by atoms with Crippen LogP contribution in [0.3, 0.4) is 0 Å². The van der Waals surface area contributed by atoms with Gasteiger partial charge in [-0.05, 0) is 35.7 Å². The smallest absolute Gasteiger partial charge is 0.227 e. The van der Waals surface area contributed by atoms with Gasteiger partial charge >= 0.3 is 0 Å². The number of carbonyl (C=O) groups is 1. The summed E-state index contributed by atoms with van der Waals surface area (Å²) in [4.78, 5) is 12.3. The van der Waals surface area contributed by atoms with Crippen molar-refractivity contribution in [2.24, 2.45) is 0 Å². The minimum atomic E-state index is -0.162. The van der Waals surface area contributed by atoms with Crippen molar-refractivity contribution in [3.05, 3.63) is 102 Å². The van der Waals surface area contributed by atoms with E-state index in [0.717, 1.165) is 22.4 Å². The van der Waals surface area contributed by atoms with Crippen molar-refractivity contribution >= 4 is 5.91 Å². The lowest BCUT2D eigenvalue weighted by Gasteiger charge is -2.13. The summed E-state index contributed by atoms with van der Waals surface area (Å²) in [5.74, 6) is 0.687. The van der Waals surface area contributed by atoms with Gasteiger partial charge in [0.15, 0.2) is 0 Å². The van der Waals surface area contributed by atoms with E-state index in [1.54, 1.807) is 0 Å². The highest BCUT2D eigenvalue weighted by Crippen LogP contribution is 2.16. The molecule has 0 saturated carbocycles. The van der Waals surface area contributed by atoms with Crippen molar-refractivity contribution in [3.63, 3.8) is 0 Å². The monoisotopic (exact) mass is 345 g/mol. The van der Waals surface area contributed by atoms with Crippen LogP contribution in [0, 0.1) is 0 Å². The first-order valence-electron chi connectivity index (χ1n) is 8.81. The van der Waals surface area contributed by atoms with Crippen LogP contribution < -0.4 is 10.1 Å². The largest absolute Gasteiger partial charge is 0.489 e. The van der Waals surface area contributed by atoms with Crippen LogP contribution in [-0.4, -0.2) is 5.91 Å². The van der Waals surface area contributed by atoms with E-state index >= 15 is 0 Å². The summed E-state index contributed by atoms with van der Waals surface area (Å²) in [6.07, 6.45) is 0. The summed E-state index contributed by atoms with van der Waals surface area (Å²) in [7, 11) is 0. The fourth-order valence-electron chi connectivity index (χ4n) is 2.68. The van der Waals surface area contributed by atoms with Gasteiger partial charge in [0.05, 0.1) is 5.92 Å². The van der Waals surface area contributed by atoms with Crippen molar-refractivity contribution in [3.8, 4) is 5.75 Å². The Hall–Kier alpha value is -3.07. The first-order chi connectivity index (χ1) is 12.7. The van der Waals surface area contributed by atoms with E-state index in [2.05, 4.69) is 5.32 Å². The maximum absolute atomic E-state index is 12.3. The molecule has 132 valence electrons. The highest BCUT2D eigenvalue weighted by molar-refractivity contribution is 5.83. The van der Waals surface area contributed by atoms with Crippen LogP contribution in [-0.2, 0) is 17.9 Å². The second kappa shape index (κ2) is 8.86.